The second-order valence-corrected chi connectivity index (χ2v) is 5.01. The monoisotopic (exact) mass is 239 g/mol. The molecule has 1 heterocycles. The van der Waals surface area contributed by atoms with Crippen LogP contribution in [0.5, 0.6) is 0 Å². The third-order valence-corrected chi connectivity index (χ3v) is 3.49. The lowest BCUT2D eigenvalue weighted by atomic mass is 9.89. The number of halogens is 1. The van der Waals surface area contributed by atoms with Gasteiger partial charge in [0.1, 0.15) is 0 Å². The Labute approximate surface area is 102 Å². The maximum absolute atomic E-state index is 5.83. The summed E-state index contributed by atoms with van der Waals surface area (Å²) in [6, 6.07) is 1.87. The van der Waals surface area contributed by atoms with Crippen LogP contribution in [0.4, 0.5) is 5.69 Å². The first-order chi connectivity index (χ1) is 7.75. The number of hydrogen-bond acceptors (Lipinski definition) is 3. The minimum absolute atomic E-state index is 0.466. The van der Waals surface area contributed by atoms with Crippen LogP contribution in [-0.2, 0) is 0 Å². The van der Waals surface area contributed by atoms with Gasteiger partial charge in [0, 0.05) is 19.7 Å². The van der Waals surface area contributed by atoms with Gasteiger partial charge in [0.25, 0.3) is 0 Å². The lowest BCUT2D eigenvalue weighted by Crippen LogP contribution is -2.26. The third kappa shape index (κ3) is 3.08. The normalized spacial score (nSPS) is 17.4. The van der Waals surface area contributed by atoms with E-state index < -0.39 is 0 Å². The average molecular weight is 240 g/mol. The molecule has 0 N–H and O–H groups in total. The molecule has 1 aliphatic carbocycles. The summed E-state index contributed by atoms with van der Waals surface area (Å²) in [5.74, 6) is 0.825. The van der Waals surface area contributed by atoms with Crippen molar-refractivity contribution in [3.63, 3.8) is 0 Å². The van der Waals surface area contributed by atoms with Crippen molar-refractivity contribution in [3.05, 3.63) is 17.4 Å². The SMILES string of the molecule is CN(CC1CCCCC1)c1cnnc(Cl)c1. The molecule has 2 rings (SSSR count). The van der Waals surface area contributed by atoms with Crippen LogP contribution in [0.25, 0.3) is 0 Å². The third-order valence-electron chi connectivity index (χ3n) is 3.31. The molecule has 0 amide bonds. The molecule has 0 unspecified atom stereocenters. The largest absolute Gasteiger partial charge is 0.373 e. The summed E-state index contributed by atoms with van der Waals surface area (Å²) in [5, 5.41) is 8.10. The van der Waals surface area contributed by atoms with E-state index in [4.69, 9.17) is 11.6 Å². The quantitative estimate of drug-likeness (QED) is 0.812. The summed E-state index contributed by atoms with van der Waals surface area (Å²) in [6.45, 7) is 1.10. The minimum Gasteiger partial charge on any atom is -0.373 e. The Morgan fingerprint density at radius 2 is 2.12 bits per heavy atom. The summed E-state index contributed by atoms with van der Waals surface area (Å²) in [7, 11) is 2.10. The number of rotatable bonds is 3. The van der Waals surface area contributed by atoms with E-state index in [0.29, 0.717) is 5.15 Å². The maximum atomic E-state index is 5.83. The fourth-order valence-corrected chi connectivity index (χ4v) is 2.56. The number of aromatic nitrogens is 2. The van der Waals surface area contributed by atoms with Crippen molar-refractivity contribution in [2.45, 2.75) is 32.1 Å². The highest BCUT2D eigenvalue weighted by atomic mass is 35.5. The Morgan fingerprint density at radius 1 is 1.38 bits per heavy atom. The molecule has 1 aromatic rings. The van der Waals surface area contributed by atoms with E-state index in [0.717, 1.165) is 18.2 Å². The van der Waals surface area contributed by atoms with E-state index in [2.05, 4.69) is 22.1 Å². The smallest absolute Gasteiger partial charge is 0.153 e. The Morgan fingerprint density at radius 3 is 2.81 bits per heavy atom. The van der Waals surface area contributed by atoms with Crippen LogP contribution in [0.3, 0.4) is 0 Å². The maximum Gasteiger partial charge on any atom is 0.153 e. The van der Waals surface area contributed by atoms with Gasteiger partial charge in [-0.2, -0.15) is 5.10 Å². The van der Waals surface area contributed by atoms with Gasteiger partial charge in [0.15, 0.2) is 5.15 Å². The van der Waals surface area contributed by atoms with Gasteiger partial charge in [0.05, 0.1) is 11.9 Å². The fourth-order valence-electron chi connectivity index (χ4n) is 2.40. The van der Waals surface area contributed by atoms with E-state index in [9.17, 15) is 0 Å². The standard InChI is InChI=1S/C12H18ClN3/c1-16(9-10-5-3-2-4-6-10)11-7-12(13)15-14-8-11/h7-8,10H,2-6,9H2,1H3. The van der Waals surface area contributed by atoms with Gasteiger partial charge in [-0.05, 0) is 18.8 Å². The summed E-state index contributed by atoms with van der Waals surface area (Å²) in [5.41, 5.74) is 1.06. The number of hydrogen-bond donors (Lipinski definition) is 0. The van der Waals surface area contributed by atoms with E-state index in [-0.39, 0.29) is 0 Å². The van der Waals surface area contributed by atoms with Crippen molar-refractivity contribution in [1.29, 1.82) is 0 Å². The molecule has 1 aliphatic rings. The van der Waals surface area contributed by atoms with Gasteiger partial charge < -0.3 is 4.90 Å². The topological polar surface area (TPSA) is 29.0 Å². The van der Waals surface area contributed by atoms with Crippen molar-refractivity contribution < 1.29 is 0 Å². The Hall–Kier alpha value is -0.830. The zero-order valence-corrected chi connectivity index (χ0v) is 10.5. The first-order valence-corrected chi connectivity index (χ1v) is 6.33. The van der Waals surface area contributed by atoms with Gasteiger partial charge in [-0.1, -0.05) is 30.9 Å². The fraction of sp³-hybridized carbons (Fsp3) is 0.667. The molecule has 3 nitrogen and oxygen atoms in total. The molecular formula is C12H18ClN3. The molecule has 4 heteroatoms. The highest BCUT2D eigenvalue weighted by molar-refractivity contribution is 6.29. The summed E-state index contributed by atoms with van der Waals surface area (Å²) < 4.78 is 0. The Bertz CT molecular complexity index is 337. The van der Waals surface area contributed by atoms with Gasteiger partial charge in [-0.15, -0.1) is 5.10 Å². The molecule has 0 aliphatic heterocycles. The number of anilines is 1. The van der Waals surface area contributed by atoms with Crippen molar-refractivity contribution in [1.82, 2.24) is 10.2 Å². The minimum atomic E-state index is 0.466. The molecule has 16 heavy (non-hydrogen) atoms. The van der Waals surface area contributed by atoms with Crippen LogP contribution in [0.2, 0.25) is 5.15 Å². The predicted octanol–water partition coefficient (Wildman–Crippen LogP) is 3.15. The summed E-state index contributed by atoms with van der Waals surface area (Å²) >= 11 is 5.83. The van der Waals surface area contributed by atoms with Crippen LogP contribution < -0.4 is 4.90 Å². The molecule has 1 fully saturated rings. The molecule has 0 aromatic carbocycles. The molecule has 88 valence electrons. The highest BCUT2D eigenvalue weighted by Crippen LogP contribution is 2.25. The number of nitrogens with zero attached hydrogens (tertiary/aromatic N) is 3. The van der Waals surface area contributed by atoms with Crippen LogP contribution in [0.1, 0.15) is 32.1 Å². The van der Waals surface area contributed by atoms with Gasteiger partial charge in [-0.3, -0.25) is 0 Å². The van der Waals surface area contributed by atoms with Crippen molar-refractivity contribution in [2.24, 2.45) is 5.92 Å². The summed E-state index contributed by atoms with van der Waals surface area (Å²) in [6.07, 6.45) is 8.66. The van der Waals surface area contributed by atoms with Crippen LogP contribution in [0.15, 0.2) is 12.3 Å². The highest BCUT2D eigenvalue weighted by Gasteiger charge is 2.15. The molecule has 1 saturated carbocycles. The van der Waals surface area contributed by atoms with E-state index in [1.54, 1.807) is 6.20 Å². The average Bonchev–Trinajstić information content (AvgIpc) is 2.30. The summed E-state index contributed by atoms with van der Waals surface area (Å²) in [4.78, 5) is 2.23. The molecule has 0 atom stereocenters. The van der Waals surface area contributed by atoms with Gasteiger partial charge in [0.2, 0.25) is 0 Å². The molecular weight excluding hydrogens is 222 g/mol. The van der Waals surface area contributed by atoms with Crippen molar-refractivity contribution in [3.8, 4) is 0 Å². The van der Waals surface area contributed by atoms with E-state index in [1.807, 2.05) is 6.07 Å². The lowest BCUT2D eigenvalue weighted by molar-refractivity contribution is 0.362. The second-order valence-electron chi connectivity index (χ2n) is 4.62. The van der Waals surface area contributed by atoms with Crippen LogP contribution in [-0.4, -0.2) is 23.8 Å². The predicted molar refractivity (Wildman–Crippen MR) is 66.9 cm³/mol. The lowest BCUT2D eigenvalue weighted by Gasteiger charge is -2.28. The van der Waals surface area contributed by atoms with Crippen LogP contribution in [0, 0.1) is 5.92 Å². The molecule has 0 bridgehead atoms. The first-order valence-electron chi connectivity index (χ1n) is 5.95. The molecule has 0 spiro atoms. The first kappa shape index (κ1) is 11.6. The van der Waals surface area contributed by atoms with Gasteiger partial charge in [-0.25, -0.2) is 0 Å². The Kier molecular flexibility index (Phi) is 3.99. The van der Waals surface area contributed by atoms with Crippen molar-refractivity contribution in [2.75, 3.05) is 18.5 Å². The Balaban J connectivity index is 1.94. The van der Waals surface area contributed by atoms with Gasteiger partial charge >= 0.3 is 0 Å². The van der Waals surface area contributed by atoms with Crippen LogP contribution >= 0.6 is 11.6 Å². The second kappa shape index (κ2) is 5.48. The van der Waals surface area contributed by atoms with Crippen molar-refractivity contribution >= 4 is 17.3 Å². The molecule has 0 saturated heterocycles. The zero-order valence-electron chi connectivity index (χ0n) is 9.69. The molecule has 1 aromatic heterocycles. The van der Waals surface area contributed by atoms with E-state index in [1.165, 1.54) is 32.1 Å². The molecule has 0 radical (unpaired) electrons. The van der Waals surface area contributed by atoms with E-state index >= 15 is 0 Å². The zero-order chi connectivity index (χ0) is 11.4.